The van der Waals surface area contributed by atoms with Crippen molar-refractivity contribution in [1.29, 1.82) is 0 Å². The highest BCUT2D eigenvalue weighted by atomic mass is 35.5. The van der Waals surface area contributed by atoms with Crippen molar-refractivity contribution in [2.24, 2.45) is 0 Å². The van der Waals surface area contributed by atoms with Gasteiger partial charge in [-0.2, -0.15) is 0 Å². The summed E-state index contributed by atoms with van der Waals surface area (Å²) < 4.78 is 121. The Bertz CT molecular complexity index is 4020. The highest BCUT2D eigenvalue weighted by Crippen LogP contribution is 2.39. The van der Waals surface area contributed by atoms with E-state index in [2.05, 4.69) is 29.9 Å². The van der Waals surface area contributed by atoms with Gasteiger partial charge in [0.25, 0.3) is 5.69 Å². The maximum absolute atomic E-state index is 14.2. The highest BCUT2D eigenvalue weighted by Gasteiger charge is 2.20. The number of pyridine rings is 4. The predicted molar refractivity (Wildman–Crippen MR) is 332 cm³/mol. The highest BCUT2D eigenvalue weighted by molar-refractivity contribution is 7.41. The molecule has 21 nitrogen and oxygen atoms in total. The monoisotopic (exact) mass is 1310 g/mol. The zero-order valence-electron chi connectivity index (χ0n) is 49.9. The number of rotatable bonds is 19. The van der Waals surface area contributed by atoms with Crippen molar-refractivity contribution in [2.75, 3.05) is 59.7 Å². The van der Waals surface area contributed by atoms with Crippen LogP contribution in [0.25, 0.3) is 55.1 Å². The van der Waals surface area contributed by atoms with Crippen molar-refractivity contribution in [3.8, 4) is 34.3 Å². The molecule has 0 saturated heterocycles. The van der Waals surface area contributed by atoms with E-state index in [0.717, 1.165) is 62.5 Å². The third-order valence-corrected chi connectivity index (χ3v) is 13.5. The summed E-state index contributed by atoms with van der Waals surface area (Å²) in [6.45, 7) is 12.4. The average molecular weight is 1310 g/mol. The maximum atomic E-state index is 14.2. The van der Waals surface area contributed by atoms with Gasteiger partial charge in [0.05, 0.1) is 62.8 Å². The summed E-state index contributed by atoms with van der Waals surface area (Å²) in [5.41, 5.74) is 7.48. The van der Waals surface area contributed by atoms with Gasteiger partial charge in [-0.25, -0.2) is 40.7 Å². The first-order valence-electron chi connectivity index (χ1n) is 27.4. The summed E-state index contributed by atoms with van der Waals surface area (Å²) in [6, 6.07) is 19.7. The van der Waals surface area contributed by atoms with Crippen molar-refractivity contribution in [3.63, 3.8) is 0 Å². The number of benzene rings is 4. The first kappa shape index (κ1) is 72.9. The summed E-state index contributed by atoms with van der Waals surface area (Å²) in [5, 5.41) is 48.4. The Morgan fingerprint density at radius 2 is 1.05 bits per heavy atom. The molecule has 0 amide bonds. The molecule has 0 unspecified atom stereocenters. The van der Waals surface area contributed by atoms with E-state index in [1.165, 1.54) is 60.9 Å². The number of H-pyrrole nitrogens is 2. The molecule has 0 atom stereocenters. The van der Waals surface area contributed by atoms with Gasteiger partial charge in [0.1, 0.15) is 45.5 Å². The molecule has 0 fully saturated rings. The molecule has 10 aromatic rings. The van der Waals surface area contributed by atoms with Gasteiger partial charge in [-0.3, -0.25) is 30.2 Å². The normalized spacial score (nSPS) is 10.7. The number of phenols is 1. The molecule has 4 aromatic carbocycles. The maximum Gasteiger partial charge on any atom is 0.488 e. The van der Waals surface area contributed by atoms with E-state index in [1.54, 1.807) is 32.3 Å². The number of ether oxygens (including phenoxy) is 3. The van der Waals surface area contributed by atoms with Gasteiger partial charge in [0.15, 0.2) is 46.3 Å². The second-order valence-electron chi connectivity index (χ2n) is 18.7. The standard InChI is InChI=1S/C14H12F2N2O3.2C14H12F2N2O.C6H6BFO3.C6H5ClN2O2.C6H15O3P/c1-9-6-12(18(19)20)14(17-8-9)10-2-3-13(11(16)7-10)21-5-4-15;1-8-4-12-14(17-7-8)9-5-10(16)13(19-3-2-15)6-11(9)18-12;1-8-6-10-13(17-7-8)9-2-3-11(19-5-4-15)12(16)14(9)18-10;8-5-3-4(7(10)11)1-2-6(5)9;1-4-2-5(9(10)11)6(7)8-3-4;1-4-7-10(8-5-2)9-6-3/h2-3,6-8H,4-5H2,1H3;4-7,18H,2-3H2,1H3;2-3,6-7,18H,4-5H2,1H3;1-3,9-11H;2-3H,1H3;4-6H2,1-3H3. The Morgan fingerprint density at radius 1 is 0.560 bits per heavy atom. The molecule has 6 heterocycles. The van der Waals surface area contributed by atoms with Crippen LogP contribution in [-0.4, -0.2) is 122 Å². The van der Waals surface area contributed by atoms with E-state index in [-0.39, 0.29) is 70.3 Å². The number of hydrogen-bond acceptors (Lipinski definition) is 17. The van der Waals surface area contributed by atoms with Crippen LogP contribution in [0.5, 0.6) is 23.0 Å². The summed E-state index contributed by atoms with van der Waals surface area (Å²) in [7, 11) is -2.76. The van der Waals surface area contributed by atoms with Crippen LogP contribution in [0.3, 0.4) is 0 Å². The molecule has 10 rings (SSSR count). The molecule has 0 aliphatic heterocycles. The van der Waals surface area contributed by atoms with Gasteiger partial charge < -0.3 is 52.9 Å². The fourth-order valence-electron chi connectivity index (χ4n) is 7.89. The van der Waals surface area contributed by atoms with Crippen LogP contribution in [0.15, 0.2) is 110 Å². The molecule has 31 heteroatoms. The number of phenolic OH excluding ortho intramolecular Hbond substituents is 1. The fourth-order valence-corrected chi connectivity index (χ4v) is 8.92. The van der Waals surface area contributed by atoms with Crippen LogP contribution in [0.4, 0.5) is 42.1 Å². The number of halogens is 8. The first-order valence-corrected chi connectivity index (χ1v) is 28.9. The molecule has 0 aliphatic rings. The Balaban J connectivity index is 0.000000203. The van der Waals surface area contributed by atoms with Gasteiger partial charge in [-0.15, -0.1) is 0 Å². The third-order valence-electron chi connectivity index (χ3n) is 11.8. The minimum Gasteiger partial charge on any atom is -0.505 e. The summed E-state index contributed by atoms with van der Waals surface area (Å²) in [5.74, 6) is -3.12. The number of hydrogen-bond donors (Lipinski definition) is 5. The topological polar surface area (TPSA) is 285 Å². The van der Waals surface area contributed by atoms with E-state index in [4.69, 9.17) is 54.5 Å². The van der Waals surface area contributed by atoms with Gasteiger partial charge >= 0.3 is 21.4 Å². The van der Waals surface area contributed by atoms with Crippen LogP contribution >= 0.6 is 20.2 Å². The Kier molecular flexibility index (Phi) is 29.0. The summed E-state index contributed by atoms with van der Waals surface area (Å²) >= 11 is 5.44. The van der Waals surface area contributed by atoms with Crippen molar-refractivity contribution in [2.45, 2.75) is 48.5 Å². The molecule has 484 valence electrons. The fraction of sp³-hybridized carbons (Fsp3) is 0.267. The number of aromatic amines is 2. The smallest absolute Gasteiger partial charge is 0.488 e. The van der Waals surface area contributed by atoms with Crippen molar-refractivity contribution in [3.05, 3.63) is 181 Å². The Morgan fingerprint density at radius 3 is 1.58 bits per heavy atom. The molecule has 0 aliphatic carbocycles. The largest absolute Gasteiger partial charge is 0.505 e. The van der Waals surface area contributed by atoms with E-state index in [9.17, 15) is 51.0 Å². The Labute approximate surface area is 522 Å². The number of fused-ring (bicyclic) bond motifs is 6. The van der Waals surface area contributed by atoms with Crippen molar-refractivity contribution < 1.29 is 83.5 Å². The lowest BCUT2D eigenvalue weighted by Crippen LogP contribution is -2.29. The lowest BCUT2D eigenvalue weighted by Gasteiger charge is -2.12. The lowest BCUT2D eigenvalue weighted by molar-refractivity contribution is -0.385. The van der Waals surface area contributed by atoms with Crippen molar-refractivity contribution in [1.82, 2.24) is 29.9 Å². The molecule has 91 heavy (non-hydrogen) atoms. The van der Waals surface area contributed by atoms with Crippen LogP contribution in [0.1, 0.15) is 43.0 Å². The molecular weight excluding hydrogens is 1250 g/mol. The van der Waals surface area contributed by atoms with Crippen LogP contribution in [0.2, 0.25) is 5.15 Å². The van der Waals surface area contributed by atoms with Crippen LogP contribution < -0.4 is 19.7 Å². The second kappa shape index (κ2) is 36.1. The van der Waals surface area contributed by atoms with Crippen LogP contribution in [-0.2, 0) is 13.6 Å². The molecule has 0 saturated carbocycles. The zero-order valence-corrected chi connectivity index (χ0v) is 51.6. The number of aromatic hydroxyl groups is 1. The molecule has 0 radical (unpaired) electrons. The molecule has 0 bridgehead atoms. The minimum absolute atomic E-state index is 0.0142. The Hall–Kier alpha value is -8.83. The number of nitrogens with one attached hydrogen (secondary N) is 2. The summed E-state index contributed by atoms with van der Waals surface area (Å²) in [4.78, 5) is 42.6. The molecule has 6 aromatic heterocycles. The second-order valence-corrected chi connectivity index (χ2v) is 20.3. The zero-order chi connectivity index (χ0) is 66.9. The van der Waals surface area contributed by atoms with E-state index in [1.807, 2.05) is 46.8 Å². The van der Waals surface area contributed by atoms with Gasteiger partial charge in [0, 0.05) is 59.3 Å². The molecular formula is C60H62BClF7N8O13P. The molecule has 5 N–H and O–H groups in total. The van der Waals surface area contributed by atoms with E-state index >= 15 is 0 Å². The van der Waals surface area contributed by atoms with Gasteiger partial charge in [-0.1, -0.05) is 17.7 Å². The number of nitro groups is 2. The predicted octanol–water partition coefficient (Wildman–Crippen LogP) is 14.0. The van der Waals surface area contributed by atoms with Gasteiger partial charge in [0.2, 0.25) is 5.15 Å². The SMILES string of the molecule is CCOP(OCC)OCC.Cc1cnc(-c2ccc(OCCF)c(F)c2)c([N+](=O)[O-])c1.Cc1cnc(Cl)c([N+](=O)[O-])c1.Cc1cnc2c(c1)[nH]c1c(F)c(OCCF)ccc12.Cc1cnc2c(c1)[nH]c1cc(OCCF)c(F)cc12.OB(O)c1ccc(O)c(F)c1. The lowest BCUT2D eigenvalue weighted by atomic mass is 9.80. The average Bonchev–Trinajstić information content (AvgIpc) is 1.67. The molecule has 0 spiro atoms. The van der Waals surface area contributed by atoms with E-state index < -0.39 is 74.6 Å². The van der Waals surface area contributed by atoms with Crippen LogP contribution in [0, 0.1) is 71.2 Å². The number of nitrogens with zero attached hydrogens (tertiary/aromatic N) is 6. The number of aryl methyl sites for hydroxylation is 4. The first-order chi connectivity index (χ1) is 43.5. The number of aromatic nitrogens is 6. The summed E-state index contributed by atoms with van der Waals surface area (Å²) in [6.07, 6.45) is 6.42. The number of alkyl halides is 3. The minimum atomic E-state index is -1.70. The quantitative estimate of drug-likeness (QED) is 0.0126. The van der Waals surface area contributed by atoms with Crippen molar-refractivity contribution >= 4 is 88.0 Å². The third kappa shape index (κ3) is 21.1. The van der Waals surface area contributed by atoms with Gasteiger partial charge in [-0.05, 0) is 137 Å². The van der Waals surface area contributed by atoms with E-state index in [0.29, 0.717) is 41.7 Å².